The number of rotatable bonds is 7. The van der Waals surface area contributed by atoms with E-state index in [-0.39, 0.29) is 5.91 Å². The minimum Gasteiger partial charge on any atom is -0.492 e. The van der Waals surface area contributed by atoms with Gasteiger partial charge in [-0.3, -0.25) is 9.78 Å². The monoisotopic (exact) mass is 375 g/mol. The van der Waals surface area contributed by atoms with Crippen LogP contribution in [0.1, 0.15) is 24.1 Å². The van der Waals surface area contributed by atoms with E-state index in [4.69, 9.17) is 4.74 Å². The maximum absolute atomic E-state index is 11.6. The zero-order chi connectivity index (χ0) is 16.5. The fourth-order valence-corrected chi connectivity index (χ4v) is 2.42. The number of benzene rings is 1. The van der Waals surface area contributed by atoms with Crippen molar-refractivity contribution in [2.24, 2.45) is 5.10 Å². The van der Waals surface area contributed by atoms with Gasteiger partial charge in [-0.2, -0.15) is 5.10 Å². The van der Waals surface area contributed by atoms with Gasteiger partial charge >= 0.3 is 0 Å². The van der Waals surface area contributed by atoms with Gasteiger partial charge in [-0.25, -0.2) is 5.43 Å². The van der Waals surface area contributed by atoms with E-state index in [9.17, 15) is 4.79 Å². The number of amides is 1. The summed E-state index contributed by atoms with van der Waals surface area (Å²) in [4.78, 5) is 15.7. The predicted molar refractivity (Wildman–Crippen MR) is 93.6 cm³/mol. The Hall–Kier alpha value is -2.21. The zero-order valence-electron chi connectivity index (χ0n) is 12.8. The molecule has 1 N–H and O–H groups in total. The van der Waals surface area contributed by atoms with Crippen LogP contribution in [0.2, 0.25) is 0 Å². The molecule has 0 fully saturated rings. The molecule has 0 aliphatic heterocycles. The Labute approximate surface area is 143 Å². The highest BCUT2D eigenvalue weighted by Gasteiger charge is 2.03. The summed E-state index contributed by atoms with van der Waals surface area (Å²) >= 11 is 3.46. The molecule has 1 aromatic carbocycles. The standard InChI is InChI=1S/C17H18BrN3O2/c1-13-7-8-16(15(18)11-13)23-10-4-6-17(22)21-20-12-14-5-2-3-9-19-14/h2-3,5,7-9,11-12H,4,6,10H2,1H3,(H,21,22)/b20-12+. The summed E-state index contributed by atoms with van der Waals surface area (Å²) in [6.45, 7) is 2.49. The molecule has 0 bridgehead atoms. The first-order chi connectivity index (χ1) is 11.1. The van der Waals surface area contributed by atoms with Crippen LogP contribution < -0.4 is 10.2 Å². The SMILES string of the molecule is Cc1ccc(OCCCC(=O)N/N=C/c2ccccn2)c(Br)c1. The van der Waals surface area contributed by atoms with Crippen molar-refractivity contribution in [2.75, 3.05) is 6.61 Å². The topological polar surface area (TPSA) is 63.6 Å². The molecule has 0 atom stereocenters. The maximum Gasteiger partial charge on any atom is 0.240 e. The first kappa shape index (κ1) is 17.1. The Bertz CT molecular complexity index is 675. The zero-order valence-corrected chi connectivity index (χ0v) is 14.4. The third-order valence-electron chi connectivity index (χ3n) is 2.97. The van der Waals surface area contributed by atoms with E-state index in [1.807, 2.05) is 43.3 Å². The van der Waals surface area contributed by atoms with E-state index in [2.05, 4.69) is 31.4 Å². The molecule has 1 amide bonds. The summed E-state index contributed by atoms with van der Waals surface area (Å²) < 4.78 is 6.56. The maximum atomic E-state index is 11.6. The molecule has 6 heteroatoms. The molecule has 1 aromatic heterocycles. The minimum absolute atomic E-state index is 0.149. The van der Waals surface area contributed by atoms with Gasteiger partial charge in [-0.1, -0.05) is 12.1 Å². The van der Waals surface area contributed by atoms with E-state index in [0.717, 1.165) is 15.8 Å². The number of hydrogen-bond acceptors (Lipinski definition) is 4. The fourth-order valence-electron chi connectivity index (χ4n) is 1.82. The Morgan fingerprint density at radius 3 is 3.00 bits per heavy atom. The van der Waals surface area contributed by atoms with E-state index in [1.54, 1.807) is 6.20 Å². The highest BCUT2D eigenvalue weighted by Crippen LogP contribution is 2.25. The molecule has 0 aliphatic carbocycles. The molecule has 0 radical (unpaired) electrons. The first-order valence-corrected chi connectivity index (χ1v) is 8.06. The lowest BCUT2D eigenvalue weighted by molar-refractivity contribution is -0.121. The first-order valence-electron chi connectivity index (χ1n) is 7.27. The van der Waals surface area contributed by atoms with Gasteiger partial charge in [0.2, 0.25) is 5.91 Å². The third-order valence-corrected chi connectivity index (χ3v) is 3.59. The number of pyridine rings is 1. The molecule has 0 saturated heterocycles. The lowest BCUT2D eigenvalue weighted by Gasteiger charge is -2.08. The summed E-state index contributed by atoms with van der Waals surface area (Å²) in [5, 5.41) is 3.87. The second-order valence-corrected chi connectivity index (χ2v) is 5.79. The van der Waals surface area contributed by atoms with Gasteiger partial charge < -0.3 is 4.74 Å². The Balaban J connectivity index is 1.66. The molecule has 0 spiro atoms. The van der Waals surface area contributed by atoms with Crippen molar-refractivity contribution in [3.63, 3.8) is 0 Å². The summed E-state index contributed by atoms with van der Waals surface area (Å²) in [5.74, 6) is 0.632. The second-order valence-electron chi connectivity index (χ2n) is 4.93. The smallest absolute Gasteiger partial charge is 0.240 e. The van der Waals surface area contributed by atoms with Crippen molar-refractivity contribution >= 4 is 28.1 Å². The van der Waals surface area contributed by atoms with E-state index >= 15 is 0 Å². The Morgan fingerprint density at radius 2 is 2.26 bits per heavy atom. The van der Waals surface area contributed by atoms with Crippen LogP contribution in [0.25, 0.3) is 0 Å². The van der Waals surface area contributed by atoms with Crippen molar-refractivity contribution in [3.05, 3.63) is 58.3 Å². The average molecular weight is 376 g/mol. The van der Waals surface area contributed by atoms with E-state index in [0.29, 0.717) is 25.1 Å². The van der Waals surface area contributed by atoms with Gasteiger partial charge in [-0.15, -0.1) is 0 Å². The molecule has 23 heavy (non-hydrogen) atoms. The molecular weight excluding hydrogens is 358 g/mol. The van der Waals surface area contributed by atoms with Crippen LogP contribution in [0.5, 0.6) is 5.75 Å². The number of nitrogens with zero attached hydrogens (tertiary/aromatic N) is 2. The number of carbonyl (C=O) groups is 1. The minimum atomic E-state index is -0.149. The van der Waals surface area contributed by atoms with Gasteiger partial charge in [-0.05, 0) is 59.1 Å². The molecule has 0 unspecified atom stereocenters. The molecule has 0 saturated carbocycles. The third kappa shape index (κ3) is 6.20. The van der Waals surface area contributed by atoms with Gasteiger partial charge in [0.05, 0.1) is 23.0 Å². The van der Waals surface area contributed by atoms with Crippen molar-refractivity contribution in [1.29, 1.82) is 0 Å². The predicted octanol–water partition coefficient (Wildman–Crippen LogP) is 3.46. The van der Waals surface area contributed by atoms with Crippen molar-refractivity contribution in [1.82, 2.24) is 10.4 Å². The number of carbonyl (C=O) groups excluding carboxylic acids is 1. The molecule has 2 aromatic rings. The summed E-state index contributed by atoms with van der Waals surface area (Å²) in [6, 6.07) is 11.4. The van der Waals surface area contributed by atoms with Crippen LogP contribution in [-0.4, -0.2) is 23.7 Å². The van der Waals surface area contributed by atoms with Crippen LogP contribution in [0.3, 0.4) is 0 Å². The highest BCUT2D eigenvalue weighted by atomic mass is 79.9. The number of aromatic nitrogens is 1. The Morgan fingerprint density at radius 1 is 1.39 bits per heavy atom. The normalized spacial score (nSPS) is 10.7. The van der Waals surface area contributed by atoms with Crippen molar-refractivity contribution < 1.29 is 9.53 Å². The average Bonchev–Trinajstić information content (AvgIpc) is 2.54. The molecular formula is C17H18BrN3O2. The van der Waals surface area contributed by atoms with Crippen molar-refractivity contribution in [2.45, 2.75) is 19.8 Å². The van der Waals surface area contributed by atoms with Crippen LogP contribution in [0, 0.1) is 6.92 Å². The quantitative estimate of drug-likeness (QED) is 0.457. The van der Waals surface area contributed by atoms with Gasteiger partial charge in [0.15, 0.2) is 0 Å². The summed E-state index contributed by atoms with van der Waals surface area (Å²) in [5.41, 5.74) is 4.33. The number of nitrogens with one attached hydrogen (secondary N) is 1. The van der Waals surface area contributed by atoms with Crippen LogP contribution >= 0.6 is 15.9 Å². The molecule has 0 aliphatic rings. The highest BCUT2D eigenvalue weighted by molar-refractivity contribution is 9.10. The molecule has 2 rings (SSSR count). The summed E-state index contributed by atoms with van der Waals surface area (Å²) in [7, 11) is 0. The Kier molecular flexibility index (Phi) is 6.75. The number of ether oxygens (including phenoxy) is 1. The molecule has 1 heterocycles. The fraction of sp³-hybridized carbons (Fsp3) is 0.235. The van der Waals surface area contributed by atoms with Gasteiger partial charge in [0.25, 0.3) is 0 Å². The van der Waals surface area contributed by atoms with Gasteiger partial charge in [0.1, 0.15) is 5.75 Å². The lowest BCUT2D eigenvalue weighted by atomic mass is 10.2. The number of hydrazone groups is 1. The molecule has 5 nitrogen and oxygen atoms in total. The molecule has 120 valence electrons. The number of hydrogen-bond donors (Lipinski definition) is 1. The lowest BCUT2D eigenvalue weighted by Crippen LogP contribution is -2.18. The van der Waals surface area contributed by atoms with E-state index < -0.39 is 0 Å². The van der Waals surface area contributed by atoms with Crippen LogP contribution in [0.15, 0.2) is 52.2 Å². The van der Waals surface area contributed by atoms with Crippen LogP contribution in [0.4, 0.5) is 0 Å². The van der Waals surface area contributed by atoms with Crippen molar-refractivity contribution in [3.8, 4) is 5.75 Å². The van der Waals surface area contributed by atoms with Crippen LogP contribution in [-0.2, 0) is 4.79 Å². The second kappa shape index (κ2) is 9.05. The van der Waals surface area contributed by atoms with E-state index in [1.165, 1.54) is 6.21 Å². The summed E-state index contributed by atoms with van der Waals surface area (Å²) in [6.07, 6.45) is 4.15. The van der Waals surface area contributed by atoms with Gasteiger partial charge in [0, 0.05) is 12.6 Å². The number of halogens is 1. The largest absolute Gasteiger partial charge is 0.492 e. The number of aryl methyl sites for hydroxylation is 1.